The molecule has 1 aromatic carbocycles. The van der Waals surface area contributed by atoms with Gasteiger partial charge in [0.1, 0.15) is 0 Å². The van der Waals surface area contributed by atoms with Crippen molar-refractivity contribution >= 4 is 23.4 Å². The Morgan fingerprint density at radius 3 is 2.57 bits per heavy atom. The molecule has 0 spiro atoms. The topological polar surface area (TPSA) is 44.3 Å². The van der Waals surface area contributed by atoms with Gasteiger partial charge in [0.15, 0.2) is 11.3 Å². The van der Waals surface area contributed by atoms with Crippen LogP contribution >= 0.6 is 12.2 Å². The molecule has 72 valence electrons. The SMILES string of the molecule is OC1NC(=S)N/C1=C\c1ccccc1. The third-order valence-corrected chi connectivity index (χ3v) is 2.16. The fraction of sp³-hybridized carbons (Fsp3) is 0.100. The molecule has 1 saturated heterocycles. The van der Waals surface area contributed by atoms with Gasteiger partial charge in [0.25, 0.3) is 0 Å². The number of aliphatic hydroxyl groups is 1. The van der Waals surface area contributed by atoms with Crippen LogP contribution in [0.3, 0.4) is 0 Å². The highest BCUT2D eigenvalue weighted by molar-refractivity contribution is 7.80. The van der Waals surface area contributed by atoms with E-state index in [0.29, 0.717) is 10.8 Å². The van der Waals surface area contributed by atoms with Gasteiger partial charge in [-0.1, -0.05) is 30.3 Å². The van der Waals surface area contributed by atoms with Gasteiger partial charge >= 0.3 is 0 Å². The molecule has 14 heavy (non-hydrogen) atoms. The maximum absolute atomic E-state index is 9.49. The molecule has 4 heteroatoms. The largest absolute Gasteiger partial charge is 0.368 e. The van der Waals surface area contributed by atoms with E-state index in [4.69, 9.17) is 12.2 Å². The summed E-state index contributed by atoms with van der Waals surface area (Å²) in [6, 6.07) is 9.76. The number of rotatable bonds is 1. The fourth-order valence-electron chi connectivity index (χ4n) is 1.28. The van der Waals surface area contributed by atoms with Crippen molar-refractivity contribution in [1.82, 2.24) is 10.6 Å². The lowest BCUT2D eigenvalue weighted by molar-refractivity contribution is 0.205. The van der Waals surface area contributed by atoms with Crippen molar-refractivity contribution in [2.75, 3.05) is 0 Å². The molecule has 3 nitrogen and oxygen atoms in total. The van der Waals surface area contributed by atoms with Crippen molar-refractivity contribution in [3.8, 4) is 0 Å². The van der Waals surface area contributed by atoms with Crippen LogP contribution in [0, 0.1) is 0 Å². The second-order valence-corrected chi connectivity index (χ2v) is 3.42. The summed E-state index contributed by atoms with van der Waals surface area (Å²) in [5, 5.41) is 15.5. The minimum Gasteiger partial charge on any atom is -0.368 e. The number of aliphatic hydroxyl groups excluding tert-OH is 1. The fourth-order valence-corrected chi connectivity index (χ4v) is 1.51. The highest BCUT2D eigenvalue weighted by Gasteiger charge is 2.19. The normalized spacial score (nSPS) is 23.4. The predicted octanol–water partition coefficient (Wildman–Crippen LogP) is 0.824. The third kappa shape index (κ3) is 1.92. The maximum Gasteiger partial charge on any atom is 0.172 e. The number of hydrogen-bond donors (Lipinski definition) is 3. The monoisotopic (exact) mass is 206 g/mol. The van der Waals surface area contributed by atoms with E-state index >= 15 is 0 Å². The molecule has 1 fully saturated rings. The van der Waals surface area contributed by atoms with Crippen LogP contribution in [0.25, 0.3) is 6.08 Å². The Balaban J connectivity index is 2.23. The second kappa shape index (κ2) is 3.77. The summed E-state index contributed by atoms with van der Waals surface area (Å²) < 4.78 is 0. The van der Waals surface area contributed by atoms with Crippen LogP contribution in [0.4, 0.5) is 0 Å². The molecule has 2 rings (SSSR count). The van der Waals surface area contributed by atoms with E-state index in [0.717, 1.165) is 5.56 Å². The van der Waals surface area contributed by atoms with Crippen molar-refractivity contribution in [3.63, 3.8) is 0 Å². The van der Waals surface area contributed by atoms with Gasteiger partial charge in [-0.2, -0.15) is 0 Å². The summed E-state index contributed by atoms with van der Waals surface area (Å²) in [4.78, 5) is 0. The Kier molecular flexibility index (Phi) is 2.47. The van der Waals surface area contributed by atoms with Crippen molar-refractivity contribution in [1.29, 1.82) is 0 Å². The van der Waals surface area contributed by atoms with E-state index in [9.17, 15) is 5.11 Å². The van der Waals surface area contributed by atoms with Crippen LogP contribution in [0.5, 0.6) is 0 Å². The van der Waals surface area contributed by atoms with E-state index in [1.54, 1.807) is 0 Å². The Morgan fingerprint density at radius 1 is 1.29 bits per heavy atom. The Labute approximate surface area is 87.4 Å². The Bertz CT molecular complexity index is 375. The van der Waals surface area contributed by atoms with Crippen LogP contribution in [-0.4, -0.2) is 16.4 Å². The lowest BCUT2D eigenvalue weighted by Gasteiger charge is -2.02. The zero-order valence-electron chi connectivity index (χ0n) is 7.40. The minimum atomic E-state index is -0.720. The van der Waals surface area contributed by atoms with E-state index in [-0.39, 0.29) is 0 Å². The molecule has 3 N–H and O–H groups in total. The summed E-state index contributed by atoms with van der Waals surface area (Å²) in [5.41, 5.74) is 1.71. The summed E-state index contributed by atoms with van der Waals surface area (Å²) in [6.07, 6.45) is 1.14. The molecule has 1 unspecified atom stereocenters. The van der Waals surface area contributed by atoms with Gasteiger partial charge in [0.2, 0.25) is 0 Å². The first kappa shape index (κ1) is 9.18. The van der Waals surface area contributed by atoms with Crippen LogP contribution < -0.4 is 10.6 Å². The molecule has 0 bridgehead atoms. The van der Waals surface area contributed by atoms with Gasteiger partial charge in [-0.3, -0.25) is 0 Å². The molecular formula is C10H10N2OS. The summed E-state index contributed by atoms with van der Waals surface area (Å²) in [5.74, 6) is 0. The van der Waals surface area contributed by atoms with Gasteiger partial charge in [0, 0.05) is 0 Å². The first-order chi connectivity index (χ1) is 6.75. The van der Waals surface area contributed by atoms with Gasteiger partial charge in [-0.15, -0.1) is 0 Å². The molecular weight excluding hydrogens is 196 g/mol. The van der Waals surface area contributed by atoms with Gasteiger partial charge in [-0.05, 0) is 23.9 Å². The molecule has 0 aliphatic carbocycles. The molecule has 1 aliphatic heterocycles. The average Bonchev–Trinajstić information content (AvgIpc) is 2.47. The average molecular weight is 206 g/mol. The van der Waals surface area contributed by atoms with Gasteiger partial charge in [-0.25, -0.2) is 0 Å². The number of nitrogens with one attached hydrogen (secondary N) is 2. The first-order valence-electron chi connectivity index (χ1n) is 4.28. The van der Waals surface area contributed by atoms with Gasteiger partial charge in [0.05, 0.1) is 5.70 Å². The predicted molar refractivity (Wildman–Crippen MR) is 59.3 cm³/mol. The molecule has 0 aromatic heterocycles. The number of benzene rings is 1. The van der Waals surface area contributed by atoms with E-state index in [1.807, 2.05) is 36.4 Å². The highest BCUT2D eigenvalue weighted by Crippen LogP contribution is 2.09. The molecule has 1 atom stereocenters. The zero-order chi connectivity index (χ0) is 9.97. The number of hydrogen-bond acceptors (Lipinski definition) is 2. The van der Waals surface area contributed by atoms with Crippen molar-refractivity contribution in [2.24, 2.45) is 0 Å². The molecule has 1 heterocycles. The smallest absolute Gasteiger partial charge is 0.172 e. The first-order valence-corrected chi connectivity index (χ1v) is 4.69. The molecule has 1 aliphatic rings. The standard InChI is InChI=1S/C10H10N2OS/c13-9-8(11-10(14)12-9)6-7-4-2-1-3-5-7/h1-6,9,13H,(H2,11,12,14)/b8-6-. The Morgan fingerprint density at radius 2 is 2.00 bits per heavy atom. The maximum atomic E-state index is 9.49. The van der Waals surface area contributed by atoms with Crippen molar-refractivity contribution < 1.29 is 5.11 Å². The van der Waals surface area contributed by atoms with Crippen LogP contribution in [0.1, 0.15) is 5.56 Å². The van der Waals surface area contributed by atoms with Crippen molar-refractivity contribution in [2.45, 2.75) is 6.23 Å². The van der Waals surface area contributed by atoms with Crippen LogP contribution in [0.15, 0.2) is 36.0 Å². The zero-order valence-corrected chi connectivity index (χ0v) is 8.21. The van der Waals surface area contributed by atoms with Crippen molar-refractivity contribution in [3.05, 3.63) is 41.6 Å². The second-order valence-electron chi connectivity index (χ2n) is 3.01. The molecule has 0 radical (unpaired) electrons. The molecule has 0 amide bonds. The Hall–Kier alpha value is -1.39. The quantitative estimate of drug-likeness (QED) is 0.595. The summed E-state index contributed by atoms with van der Waals surface area (Å²) in [7, 11) is 0. The number of thiocarbonyl (C=S) groups is 1. The molecule has 0 saturated carbocycles. The summed E-state index contributed by atoms with van der Waals surface area (Å²) in [6.45, 7) is 0. The van der Waals surface area contributed by atoms with E-state index < -0.39 is 6.23 Å². The lowest BCUT2D eigenvalue weighted by Crippen LogP contribution is -2.25. The van der Waals surface area contributed by atoms with Crippen LogP contribution in [0.2, 0.25) is 0 Å². The summed E-state index contributed by atoms with van der Waals surface area (Å²) >= 11 is 4.87. The van der Waals surface area contributed by atoms with Gasteiger partial charge < -0.3 is 15.7 Å². The minimum absolute atomic E-state index is 0.458. The van der Waals surface area contributed by atoms with Crippen LogP contribution in [-0.2, 0) is 0 Å². The highest BCUT2D eigenvalue weighted by atomic mass is 32.1. The lowest BCUT2D eigenvalue weighted by atomic mass is 10.2. The third-order valence-electron chi connectivity index (χ3n) is 1.94. The molecule has 1 aromatic rings. The van der Waals surface area contributed by atoms with E-state index in [2.05, 4.69) is 10.6 Å². The van der Waals surface area contributed by atoms with E-state index in [1.165, 1.54) is 0 Å².